The van der Waals surface area contributed by atoms with Crippen LogP contribution >= 0.6 is 0 Å². The van der Waals surface area contributed by atoms with E-state index in [0.29, 0.717) is 26.2 Å². The molecule has 10 rings (SSSR count). The number of fused-ring (bicyclic) bond motifs is 4. The molecule has 68 heavy (non-hydrogen) atoms. The van der Waals surface area contributed by atoms with Gasteiger partial charge in [0.05, 0.1) is 85.4 Å². The zero-order valence-electron chi connectivity index (χ0n) is 38.6. The molecule has 0 N–H and O–H groups in total. The molecule has 338 valence electrons. The van der Waals surface area contributed by atoms with Gasteiger partial charge in [-0.2, -0.15) is 0 Å². The van der Waals surface area contributed by atoms with Crippen molar-refractivity contribution in [3.63, 3.8) is 0 Å². The average Bonchev–Trinajstić information content (AvgIpc) is 3.39. The molecule has 4 aromatic heterocycles. The molecule has 6 aromatic carbocycles. The smallest absolute Gasteiger partial charge is 0.119 e. The van der Waals surface area contributed by atoms with Crippen molar-refractivity contribution >= 4 is 43.6 Å². The van der Waals surface area contributed by atoms with Crippen LogP contribution in [0.2, 0.25) is 0 Å². The van der Waals surface area contributed by atoms with Crippen LogP contribution in [0.25, 0.3) is 43.6 Å². The molecule has 0 radical (unpaired) electrons. The van der Waals surface area contributed by atoms with Crippen LogP contribution in [0, 0.1) is 0 Å². The van der Waals surface area contributed by atoms with Gasteiger partial charge in [0.2, 0.25) is 0 Å². The molecule has 0 amide bonds. The van der Waals surface area contributed by atoms with Gasteiger partial charge in [-0.15, -0.1) is 0 Å². The van der Waals surface area contributed by atoms with Crippen molar-refractivity contribution in [3.8, 4) is 23.0 Å². The zero-order chi connectivity index (χ0) is 46.4. The van der Waals surface area contributed by atoms with Gasteiger partial charge in [0.15, 0.2) is 0 Å². The number of methoxy groups -OCH3 is 4. The van der Waals surface area contributed by atoms with Crippen LogP contribution in [-0.4, -0.2) is 58.2 Å². The second kappa shape index (κ2) is 19.9. The molecule has 10 heteroatoms. The van der Waals surface area contributed by atoms with E-state index >= 15 is 0 Å². The summed E-state index contributed by atoms with van der Waals surface area (Å²) in [4.78, 5) is 26.2. The molecule has 0 aliphatic rings. The average molecular weight is 897 g/mol. The Labute approximate surface area is 396 Å². The number of aromatic nitrogens is 4. The van der Waals surface area contributed by atoms with Crippen molar-refractivity contribution in [3.05, 3.63) is 216 Å². The molecule has 10 nitrogen and oxygen atoms in total. The van der Waals surface area contributed by atoms with Crippen LogP contribution in [0.3, 0.4) is 0 Å². The van der Waals surface area contributed by atoms with Crippen LogP contribution in [0.1, 0.15) is 46.0 Å². The lowest BCUT2D eigenvalue weighted by molar-refractivity contribution is 0.0519. The van der Waals surface area contributed by atoms with Gasteiger partial charge in [-0.3, -0.25) is 29.7 Å². The lowest BCUT2D eigenvalue weighted by Gasteiger charge is -2.43. The summed E-state index contributed by atoms with van der Waals surface area (Å²) in [5, 5.41) is 4.06. The number of hydrogen-bond acceptors (Lipinski definition) is 10. The van der Waals surface area contributed by atoms with Crippen molar-refractivity contribution < 1.29 is 18.9 Å². The van der Waals surface area contributed by atoms with E-state index in [9.17, 15) is 0 Å². The van der Waals surface area contributed by atoms with E-state index in [0.717, 1.165) is 101 Å². The number of ether oxygens (including phenoxy) is 4. The molecule has 2 atom stereocenters. The molecule has 0 fully saturated rings. The highest BCUT2D eigenvalue weighted by atomic mass is 16.5. The Kier molecular flexibility index (Phi) is 12.9. The first-order valence-electron chi connectivity index (χ1n) is 22.8. The SMILES string of the molecule is COc1ccc2nc(CN(Cc3ccc4cc(OC)ccc4n3)[C@@H](c3ccccc3)[C@H](c3ccccc3)N(Cc3ccc4cc(OC)ccc4n3)Cc3ccc4cc(OC)ccc4n3)ccc2c1. The van der Waals surface area contributed by atoms with E-state index in [2.05, 4.69) is 119 Å². The highest BCUT2D eigenvalue weighted by Gasteiger charge is 2.36. The minimum absolute atomic E-state index is 0.241. The minimum atomic E-state index is -0.241. The number of benzene rings is 6. The van der Waals surface area contributed by atoms with Crippen LogP contribution in [0.4, 0.5) is 0 Å². The summed E-state index contributed by atoms with van der Waals surface area (Å²) >= 11 is 0. The molecular weight excluding hydrogens is 845 g/mol. The third-order valence-electron chi connectivity index (χ3n) is 12.6. The molecule has 4 heterocycles. The Morgan fingerprint density at radius 2 is 0.588 bits per heavy atom. The second-order valence-corrected chi connectivity index (χ2v) is 17.0. The van der Waals surface area contributed by atoms with Crippen molar-refractivity contribution in [1.82, 2.24) is 29.7 Å². The van der Waals surface area contributed by atoms with Crippen LogP contribution in [-0.2, 0) is 26.2 Å². The van der Waals surface area contributed by atoms with Gasteiger partial charge in [-0.25, -0.2) is 0 Å². The first-order valence-corrected chi connectivity index (χ1v) is 22.8. The number of hydrogen-bond donors (Lipinski definition) is 0. The predicted molar refractivity (Wildman–Crippen MR) is 270 cm³/mol. The molecule has 10 aromatic rings. The van der Waals surface area contributed by atoms with Crippen molar-refractivity contribution in [1.29, 1.82) is 0 Å². The van der Waals surface area contributed by atoms with Crippen LogP contribution < -0.4 is 18.9 Å². The van der Waals surface area contributed by atoms with Crippen LogP contribution in [0.15, 0.2) is 182 Å². The number of rotatable bonds is 17. The van der Waals surface area contributed by atoms with E-state index in [4.69, 9.17) is 38.9 Å². The summed E-state index contributed by atoms with van der Waals surface area (Å²) in [7, 11) is 6.76. The maximum atomic E-state index is 5.57. The van der Waals surface area contributed by atoms with E-state index in [1.54, 1.807) is 28.4 Å². The fourth-order valence-corrected chi connectivity index (χ4v) is 9.27. The first-order chi connectivity index (χ1) is 33.4. The monoisotopic (exact) mass is 896 g/mol. The minimum Gasteiger partial charge on any atom is -0.497 e. The third-order valence-corrected chi connectivity index (χ3v) is 12.6. The molecule has 0 saturated heterocycles. The lowest BCUT2D eigenvalue weighted by Crippen LogP contribution is -2.41. The summed E-state index contributed by atoms with van der Waals surface area (Å²) < 4.78 is 22.3. The van der Waals surface area contributed by atoms with Crippen LogP contribution in [0.5, 0.6) is 23.0 Å². The molecule has 0 aliphatic carbocycles. The van der Waals surface area contributed by atoms with Crippen molar-refractivity contribution in [2.75, 3.05) is 28.4 Å². The third kappa shape index (κ3) is 9.64. The fourth-order valence-electron chi connectivity index (χ4n) is 9.27. The summed E-state index contributed by atoms with van der Waals surface area (Å²) in [5.41, 5.74) is 9.65. The maximum Gasteiger partial charge on any atom is 0.119 e. The Bertz CT molecular complexity index is 2950. The predicted octanol–water partition coefficient (Wildman–Crippen LogP) is 12.1. The summed E-state index contributed by atoms with van der Waals surface area (Å²) in [6.45, 7) is 2.08. The quantitative estimate of drug-likeness (QED) is 0.0879. The van der Waals surface area contributed by atoms with E-state index in [1.807, 2.05) is 72.8 Å². The largest absolute Gasteiger partial charge is 0.497 e. The Morgan fingerprint density at radius 1 is 0.324 bits per heavy atom. The summed E-state index contributed by atoms with van der Waals surface area (Å²) in [5.74, 6) is 3.18. The van der Waals surface area contributed by atoms with E-state index in [-0.39, 0.29) is 12.1 Å². The number of nitrogens with zero attached hydrogens (tertiary/aromatic N) is 6. The summed E-state index contributed by atoms with van der Waals surface area (Å²) in [6.07, 6.45) is 0. The first kappa shape index (κ1) is 43.9. The van der Waals surface area contributed by atoms with Gasteiger partial charge in [-0.05, 0) is 108 Å². The van der Waals surface area contributed by atoms with Gasteiger partial charge in [0.25, 0.3) is 0 Å². The molecule has 0 unspecified atom stereocenters. The Balaban J connectivity index is 1.15. The standard InChI is InChI=1S/C58H52N6O4/c1-65-49-23-27-53-41(31-49)15-19-45(59-53)35-63(36-46-20-16-42-32-50(66-2)24-28-54(42)60-46)57(39-11-7-5-8-12-39)58(40-13-9-6-10-14-40)64(37-47-21-17-43-33-51(67-3)25-29-55(43)61-47)38-48-22-18-44-34-52(68-4)26-30-56(44)62-48/h5-34,57-58H,35-38H2,1-4H3/t57-,58-/m0/s1. The molecule has 0 spiro atoms. The summed E-state index contributed by atoms with van der Waals surface area (Å²) in [6, 6.07) is 62.4. The van der Waals surface area contributed by atoms with Crippen molar-refractivity contribution in [2.24, 2.45) is 0 Å². The van der Waals surface area contributed by atoms with Crippen molar-refractivity contribution in [2.45, 2.75) is 38.3 Å². The van der Waals surface area contributed by atoms with E-state index in [1.165, 1.54) is 0 Å². The van der Waals surface area contributed by atoms with Gasteiger partial charge in [-0.1, -0.05) is 84.9 Å². The topological polar surface area (TPSA) is 95.0 Å². The molecular formula is C58H52N6O4. The number of pyridine rings is 4. The van der Waals surface area contributed by atoms with Gasteiger partial charge in [0, 0.05) is 47.7 Å². The van der Waals surface area contributed by atoms with Gasteiger partial charge < -0.3 is 18.9 Å². The highest BCUT2D eigenvalue weighted by molar-refractivity contribution is 5.82. The maximum absolute atomic E-state index is 5.57. The molecule has 0 aliphatic heterocycles. The highest BCUT2D eigenvalue weighted by Crippen LogP contribution is 2.42. The normalized spacial score (nSPS) is 12.5. The van der Waals surface area contributed by atoms with Gasteiger partial charge in [0.1, 0.15) is 23.0 Å². The van der Waals surface area contributed by atoms with Gasteiger partial charge >= 0.3 is 0 Å². The fraction of sp³-hybridized carbons (Fsp3) is 0.172. The Hall–Kier alpha value is -7.92. The second-order valence-electron chi connectivity index (χ2n) is 17.0. The Morgan fingerprint density at radius 3 is 0.838 bits per heavy atom. The zero-order valence-corrected chi connectivity index (χ0v) is 38.6. The molecule has 0 saturated carbocycles. The lowest BCUT2D eigenvalue weighted by atomic mass is 9.89. The molecule has 0 bridgehead atoms. The van der Waals surface area contributed by atoms with E-state index < -0.39 is 0 Å².